The molecule has 0 bridgehead atoms. The van der Waals surface area contributed by atoms with Crippen molar-refractivity contribution in [2.24, 2.45) is 10.7 Å². The quantitative estimate of drug-likeness (QED) is 0.173. The molecule has 7 aromatic carbocycles. The summed E-state index contributed by atoms with van der Waals surface area (Å²) >= 11 is 0. The molecule has 1 aliphatic rings. The first-order chi connectivity index (χ1) is 24.7. The van der Waals surface area contributed by atoms with E-state index in [1.807, 2.05) is 54.6 Å². The molecule has 0 saturated carbocycles. The SMILES string of the molecule is N/C(=C\C(=NCn1c2ccccc2c2ccc(C3(c4ccccc4)c4ccccc4-c4ccccc43)cc21)c1ccccc1)c1ccccc1. The van der Waals surface area contributed by atoms with Crippen molar-refractivity contribution in [2.45, 2.75) is 12.1 Å². The highest BCUT2D eigenvalue weighted by Gasteiger charge is 2.46. The van der Waals surface area contributed by atoms with Gasteiger partial charge in [-0.3, -0.25) is 4.99 Å². The summed E-state index contributed by atoms with van der Waals surface area (Å²) < 4.78 is 2.36. The first-order valence-electron chi connectivity index (χ1n) is 17.1. The number of hydrogen-bond donors (Lipinski definition) is 1. The molecule has 8 aromatic rings. The lowest BCUT2D eigenvalue weighted by atomic mass is 9.67. The van der Waals surface area contributed by atoms with E-state index in [9.17, 15) is 0 Å². The van der Waals surface area contributed by atoms with Gasteiger partial charge in [-0.15, -0.1) is 0 Å². The van der Waals surface area contributed by atoms with Gasteiger partial charge < -0.3 is 10.3 Å². The van der Waals surface area contributed by atoms with Crippen LogP contribution in [0.1, 0.15) is 33.4 Å². The lowest BCUT2D eigenvalue weighted by Gasteiger charge is -2.34. The molecule has 0 unspecified atom stereocenters. The normalized spacial score (nSPS) is 13.8. The average molecular weight is 642 g/mol. The molecule has 1 aliphatic carbocycles. The summed E-state index contributed by atoms with van der Waals surface area (Å²) in [6.07, 6.45) is 2.00. The van der Waals surface area contributed by atoms with Crippen LogP contribution in [0.2, 0.25) is 0 Å². The Balaban J connectivity index is 1.28. The molecular formula is C47H35N3. The van der Waals surface area contributed by atoms with Crippen LogP contribution in [0.4, 0.5) is 0 Å². The summed E-state index contributed by atoms with van der Waals surface area (Å²) in [6, 6.07) is 64.9. The first-order valence-corrected chi connectivity index (χ1v) is 17.1. The molecule has 50 heavy (non-hydrogen) atoms. The maximum absolute atomic E-state index is 6.67. The van der Waals surface area contributed by atoms with Gasteiger partial charge >= 0.3 is 0 Å². The Morgan fingerprint density at radius 1 is 0.520 bits per heavy atom. The van der Waals surface area contributed by atoms with Crippen molar-refractivity contribution in [1.29, 1.82) is 0 Å². The van der Waals surface area contributed by atoms with Crippen LogP contribution in [0.3, 0.4) is 0 Å². The van der Waals surface area contributed by atoms with Crippen LogP contribution in [0.5, 0.6) is 0 Å². The maximum atomic E-state index is 6.67. The molecule has 1 aromatic heterocycles. The van der Waals surface area contributed by atoms with Crippen LogP contribution in [0.15, 0.2) is 193 Å². The number of fused-ring (bicyclic) bond motifs is 6. The van der Waals surface area contributed by atoms with Gasteiger partial charge in [-0.05, 0) is 62.7 Å². The molecule has 238 valence electrons. The summed E-state index contributed by atoms with van der Waals surface area (Å²) in [7, 11) is 0. The summed E-state index contributed by atoms with van der Waals surface area (Å²) in [5.41, 5.74) is 19.7. The van der Waals surface area contributed by atoms with Crippen LogP contribution < -0.4 is 5.73 Å². The van der Waals surface area contributed by atoms with Crippen molar-refractivity contribution in [3.8, 4) is 11.1 Å². The molecule has 9 rings (SSSR count). The molecule has 0 spiro atoms. The number of hydrogen-bond acceptors (Lipinski definition) is 2. The first kappa shape index (κ1) is 29.7. The fourth-order valence-corrected chi connectivity index (χ4v) is 7.98. The number of nitrogens with two attached hydrogens (primary N) is 1. The molecule has 0 fully saturated rings. The standard InChI is InChI=1S/C47H35N3/c48-43(33-16-4-1-5-17-33)31-44(34-18-6-2-7-19-34)49-32-50-45-27-15-12-24-39(45)40-29-28-36(30-46(40)50)47(35-20-8-3-9-21-35)41-25-13-10-22-37(41)38-23-11-14-26-42(38)47/h1-31H,32,48H2/b43-31-,49-44?. The predicted octanol–water partition coefficient (Wildman–Crippen LogP) is 10.6. The fraction of sp³-hybridized carbons (Fsp3) is 0.0426. The van der Waals surface area contributed by atoms with E-state index in [0.717, 1.165) is 27.9 Å². The van der Waals surface area contributed by atoms with E-state index in [2.05, 4.69) is 138 Å². The lowest BCUT2D eigenvalue weighted by Crippen LogP contribution is -2.28. The highest BCUT2D eigenvalue weighted by Crippen LogP contribution is 2.56. The number of aliphatic imine (C=N–C) groups is 1. The highest BCUT2D eigenvalue weighted by molar-refractivity contribution is 6.12. The van der Waals surface area contributed by atoms with Crippen LogP contribution in [0.25, 0.3) is 38.6 Å². The van der Waals surface area contributed by atoms with Crippen molar-refractivity contribution in [1.82, 2.24) is 4.57 Å². The number of nitrogens with zero attached hydrogens (tertiary/aromatic N) is 2. The molecule has 0 amide bonds. The topological polar surface area (TPSA) is 43.3 Å². The number of rotatable bonds is 7. The zero-order valence-corrected chi connectivity index (χ0v) is 27.6. The van der Waals surface area contributed by atoms with Crippen molar-refractivity contribution < 1.29 is 0 Å². The van der Waals surface area contributed by atoms with Crippen molar-refractivity contribution >= 4 is 33.2 Å². The minimum absolute atomic E-state index is 0.432. The smallest absolute Gasteiger partial charge is 0.115 e. The second kappa shape index (κ2) is 12.2. The van der Waals surface area contributed by atoms with Crippen molar-refractivity contribution in [3.63, 3.8) is 0 Å². The molecule has 0 saturated heterocycles. The molecule has 0 aliphatic heterocycles. The number of para-hydroxylation sites is 1. The minimum atomic E-state index is -0.477. The molecule has 0 atom stereocenters. The van der Waals surface area contributed by atoms with Crippen molar-refractivity contribution in [2.75, 3.05) is 0 Å². The van der Waals surface area contributed by atoms with Gasteiger partial charge in [0.15, 0.2) is 0 Å². The van der Waals surface area contributed by atoms with Crippen LogP contribution in [-0.2, 0) is 12.1 Å². The molecule has 2 N–H and O–H groups in total. The third-order valence-corrected chi connectivity index (χ3v) is 10.2. The third kappa shape index (κ3) is 4.70. The minimum Gasteiger partial charge on any atom is -0.398 e. The second-order valence-corrected chi connectivity index (χ2v) is 12.9. The van der Waals surface area contributed by atoms with Gasteiger partial charge in [-0.2, -0.15) is 0 Å². The summed E-state index contributed by atoms with van der Waals surface area (Å²) in [6.45, 7) is 0.432. The Morgan fingerprint density at radius 3 is 1.74 bits per heavy atom. The van der Waals surface area contributed by atoms with E-state index in [4.69, 9.17) is 10.7 Å². The van der Waals surface area contributed by atoms with Gasteiger partial charge in [-0.25, -0.2) is 0 Å². The number of aromatic nitrogens is 1. The van der Waals surface area contributed by atoms with Gasteiger partial charge in [0.1, 0.15) is 6.67 Å². The Hall–Kier alpha value is -6.45. The second-order valence-electron chi connectivity index (χ2n) is 12.9. The van der Waals surface area contributed by atoms with Crippen molar-refractivity contribution in [3.05, 3.63) is 221 Å². The summed E-state index contributed by atoms with van der Waals surface area (Å²) in [5.74, 6) is 0. The molecular weight excluding hydrogens is 607 g/mol. The van der Waals surface area contributed by atoms with E-state index in [-0.39, 0.29) is 0 Å². The Morgan fingerprint density at radius 2 is 1.06 bits per heavy atom. The van der Waals surface area contributed by atoms with Gasteiger partial charge in [0.05, 0.1) is 22.2 Å². The third-order valence-electron chi connectivity index (χ3n) is 10.2. The molecule has 3 nitrogen and oxygen atoms in total. The van der Waals surface area contributed by atoms with Gasteiger partial charge in [0.25, 0.3) is 0 Å². The van der Waals surface area contributed by atoms with Crippen LogP contribution in [-0.4, -0.2) is 10.3 Å². The Kier molecular flexibility index (Phi) is 7.25. The molecule has 3 heteroatoms. The number of benzene rings is 7. The summed E-state index contributed by atoms with van der Waals surface area (Å²) in [5, 5.41) is 2.42. The lowest BCUT2D eigenvalue weighted by molar-refractivity contribution is 0.763. The largest absolute Gasteiger partial charge is 0.398 e. The predicted molar refractivity (Wildman–Crippen MR) is 208 cm³/mol. The van der Waals surface area contributed by atoms with Crippen LogP contribution in [0, 0.1) is 0 Å². The van der Waals surface area contributed by atoms with Crippen LogP contribution >= 0.6 is 0 Å². The molecule has 0 radical (unpaired) electrons. The van der Waals surface area contributed by atoms with E-state index in [1.165, 1.54) is 44.2 Å². The van der Waals surface area contributed by atoms with Gasteiger partial charge in [0, 0.05) is 16.5 Å². The van der Waals surface area contributed by atoms with Gasteiger partial charge in [-0.1, -0.05) is 170 Å². The Labute approximate surface area is 292 Å². The average Bonchev–Trinajstić information content (AvgIpc) is 3.67. The monoisotopic (exact) mass is 641 g/mol. The Bertz CT molecular complexity index is 2510. The zero-order chi connectivity index (χ0) is 33.5. The van der Waals surface area contributed by atoms with E-state index < -0.39 is 5.41 Å². The number of allylic oxidation sites excluding steroid dienone is 1. The summed E-state index contributed by atoms with van der Waals surface area (Å²) in [4.78, 5) is 5.30. The molecule has 1 heterocycles. The van der Waals surface area contributed by atoms with E-state index in [1.54, 1.807) is 0 Å². The van der Waals surface area contributed by atoms with Gasteiger partial charge in [0.2, 0.25) is 0 Å². The van der Waals surface area contributed by atoms with E-state index >= 15 is 0 Å². The highest BCUT2D eigenvalue weighted by atomic mass is 15.1. The fourth-order valence-electron chi connectivity index (χ4n) is 7.98. The maximum Gasteiger partial charge on any atom is 0.115 e. The van der Waals surface area contributed by atoms with E-state index in [0.29, 0.717) is 12.4 Å². The zero-order valence-electron chi connectivity index (χ0n) is 27.6.